The zero-order valence-corrected chi connectivity index (χ0v) is 18.5. The van der Waals surface area contributed by atoms with Gasteiger partial charge in [-0.15, -0.1) is 16.4 Å². The number of hydrogen-bond donors (Lipinski definition) is 0. The minimum atomic E-state index is -0.471. The summed E-state index contributed by atoms with van der Waals surface area (Å²) in [6.45, 7) is 7.35. The molecule has 1 amide bonds. The Kier molecular flexibility index (Phi) is 5.52. The van der Waals surface area contributed by atoms with E-state index in [2.05, 4.69) is 20.1 Å². The van der Waals surface area contributed by atoms with Crippen LogP contribution in [0.1, 0.15) is 29.6 Å². The van der Waals surface area contributed by atoms with Crippen LogP contribution >= 0.6 is 23.1 Å². The number of aromatic nitrogens is 5. The molecule has 0 saturated carbocycles. The molecule has 154 valence electrons. The summed E-state index contributed by atoms with van der Waals surface area (Å²) < 4.78 is 15.9. The van der Waals surface area contributed by atoms with E-state index in [0.29, 0.717) is 21.8 Å². The van der Waals surface area contributed by atoms with Gasteiger partial charge in [-0.05, 0) is 38.5 Å². The molecule has 1 aromatic carbocycles. The Morgan fingerprint density at radius 2 is 1.97 bits per heavy atom. The minimum Gasteiger partial charge on any atom is -0.274 e. The lowest BCUT2D eigenvalue weighted by Crippen LogP contribution is -2.23. The van der Waals surface area contributed by atoms with Crippen molar-refractivity contribution >= 4 is 45.6 Å². The van der Waals surface area contributed by atoms with Gasteiger partial charge in [-0.25, -0.2) is 18.9 Å². The summed E-state index contributed by atoms with van der Waals surface area (Å²) >= 11 is 2.73. The zero-order chi connectivity index (χ0) is 21.4. The molecule has 0 fully saturated rings. The highest BCUT2D eigenvalue weighted by Gasteiger charge is 2.21. The summed E-state index contributed by atoms with van der Waals surface area (Å²) in [5.41, 5.74) is 3.98. The van der Waals surface area contributed by atoms with E-state index >= 15 is 0 Å². The molecule has 0 aliphatic rings. The maximum Gasteiger partial charge on any atom is 0.253 e. The van der Waals surface area contributed by atoms with Crippen LogP contribution in [0.25, 0.3) is 5.78 Å². The van der Waals surface area contributed by atoms with E-state index in [9.17, 15) is 9.18 Å². The van der Waals surface area contributed by atoms with Crippen molar-refractivity contribution in [3.05, 3.63) is 58.1 Å². The van der Waals surface area contributed by atoms with Crippen molar-refractivity contribution < 1.29 is 9.18 Å². The number of aryl methyl sites for hydroxylation is 2. The number of halogens is 1. The topological polar surface area (TPSA) is 76.3 Å². The predicted octanol–water partition coefficient (Wildman–Crippen LogP) is 4.62. The van der Waals surface area contributed by atoms with Gasteiger partial charge in [0.1, 0.15) is 5.82 Å². The number of thioether (sulfide) groups is 1. The van der Waals surface area contributed by atoms with Gasteiger partial charge in [0.2, 0.25) is 11.1 Å². The van der Waals surface area contributed by atoms with Crippen LogP contribution in [0.5, 0.6) is 0 Å². The van der Waals surface area contributed by atoms with Gasteiger partial charge in [-0.3, -0.25) is 9.69 Å². The summed E-state index contributed by atoms with van der Waals surface area (Å²) in [5.74, 6) is 0.316. The number of benzene rings is 1. The maximum atomic E-state index is 14.2. The van der Waals surface area contributed by atoms with E-state index in [4.69, 9.17) is 0 Å². The summed E-state index contributed by atoms with van der Waals surface area (Å²) in [4.78, 5) is 26.9. The third-order valence-electron chi connectivity index (χ3n) is 4.73. The lowest BCUT2D eigenvalue weighted by molar-refractivity contribution is -0.115. The zero-order valence-electron chi connectivity index (χ0n) is 16.9. The van der Waals surface area contributed by atoms with Gasteiger partial charge < -0.3 is 0 Å². The second-order valence-corrected chi connectivity index (χ2v) is 8.51. The molecule has 0 atom stereocenters. The molecule has 0 radical (unpaired) electrons. The van der Waals surface area contributed by atoms with Crippen molar-refractivity contribution in [2.75, 3.05) is 4.90 Å². The van der Waals surface area contributed by atoms with Crippen LogP contribution in [-0.4, -0.2) is 30.5 Å². The SMILES string of the molecule is CC(=O)N(c1nc(CSc2nc3nc(C)c(C)c(C)n3n2)cs1)c1ccccc1F. The second kappa shape index (κ2) is 8.11. The first-order valence-electron chi connectivity index (χ1n) is 9.18. The van der Waals surface area contributed by atoms with Gasteiger partial charge in [-0.2, -0.15) is 4.98 Å². The first-order chi connectivity index (χ1) is 14.3. The number of anilines is 2. The molecular formula is C20H19FN6OS2. The van der Waals surface area contributed by atoms with Crippen molar-refractivity contribution in [1.29, 1.82) is 0 Å². The monoisotopic (exact) mass is 442 g/mol. The highest BCUT2D eigenvalue weighted by Crippen LogP contribution is 2.32. The second-order valence-electron chi connectivity index (χ2n) is 6.73. The van der Waals surface area contributed by atoms with Crippen LogP contribution in [-0.2, 0) is 10.5 Å². The number of thiazole rings is 1. The number of fused-ring (bicyclic) bond motifs is 1. The van der Waals surface area contributed by atoms with Gasteiger partial charge in [0.15, 0.2) is 5.13 Å². The molecule has 4 aromatic rings. The molecular weight excluding hydrogens is 423 g/mol. The van der Waals surface area contributed by atoms with Crippen LogP contribution in [0.2, 0.25) is 0 Å². The normalized spacial score (nSPS) is 11.2. The molecule has 10 heteroatoms. The fourth-order valence-corrected chi connectivity index (χ4v) is 4.64. The molecule has 0 N–H and O–H groups in total. The third kappa shape index (κ3) is 3.80. The predicted molar refractivity (Wildman–Crippen MR) is 116 cm³/mol. The largest absolute Gasteiger partial charge is 0.274 e. The summed E-state index contributed by atoms with van der Waals surface area (Å²) in [6.07, 6.45) is 0. The molecule has 0 unspecified atom stereocenters. The fourth-order valence-electron chi connectivity index (χ4n) is 2.94. The average Bonchev–Trinajstić information content (AvgIpc) is 3.33. The summed E-state index contributed by atoms with van der Waals surface area (Å²) in [6, 6.07) is 6.16. The molecule has 3 heterocycles. The van der Waals surface area contributed by atoms with Crippen molar-refractivity contribution in [2.45, 2.75) is 38.6 Å². The molecule has 0 saturated heterocycles. The van der Waals surface area contributed by atoms with E-state index in [0.717, 1.165) is 22.6 Å². The molecule has 0 spiro atoms. The average molecular weight is 443 g/mol. The first-order valence-corrected chi connectivity index (χ1v) is 11.0. The van der Waals surface area contributed by atoms with Crippen LogP contribution < -0.4 is 4.90 Å². The number of rotatable bonds is 5. The Morgan fingerprint density at radius 3 is 2.70 bits per heavy atom. The smallest absolute Gasteiger partial charge is 0.253 e. The van der Waals surface area contributed by atoms with Gasteiger partial charge in [0.05, 0.1) is 11.4 Å². The first kappa shape index (κ1) is 20.4. The van der Waals surface area contributed by atoms with Crippen molar-refractivity contribution in [2.24, 2.45) is 0 Å². The number of carbonyl (C=O) groups is 1. The van der Waals surface area contributed by atoms with Crippen molar-refractivity contribution in [3.63, 3.8) is 0 Å². The number of hydrogen-bond acceptors (Lipinski definition) is 7. The van der Waals surface area contributed by atoms with Gasteiger partial charge in [0.25, 0.3) is 5.78 Å². The van der Waals surface area contributed by atoms with Gasteiger partial charge in [-0.1, -0.05) is 23.9 Å². The molecule has 30 heavy (non-hydrogen) atoms. The fraction of sp³-hybridized carbons (Fsp3) is 0.250. The lowest BCUT2D eigenvalue weighted by atomic mass is 10.2. The summed E-state index contributed by atoms with van der Waals surface area (Å²) in [7, 11) is 0. The number of nitrogens with zero attached hydrogens (tertiary/aromatic N) is 6. The van der Waals surface area contributed by atoms with Crippen LogP contribution in [0.15, 0.2) is 34.8 Å². The Morgan fingerprint density at radius 1 is 1.20 bits per heavy atom. The quantitative estimate of drug-likeness (QED) is 0.420. The van der Waals surface area contributed by atoms with E-state index in [1.807, 2.05) is 26.2 Å². The minimum absolute atomic E-state index is 0.188. The number of carbonyl (C=O) groups excluding carboxylic acids is 1. The highest BCUT2D eigenvalue weighted by atomic mass is 32.2. The Hall–Kier alpha value is -2.85. The van der Waals surface area contributed by atoms with E-state index < -0.39 is 5.82 Å². The number of para-hydroxylation sites is 1. The molecule has 0 bridgehead atoms. The Labute approximate surface area is 181 Å². The Bertz CT molecular complexity index is 1250. The molecule has 3 aromatic heterocycles. The summed E-state index contributed by atoms with van der Waals surface area (Å²) in [5, 5.41) is 7.41. The number of amides is 1. The maximum absolute atomic E-state index is 14.2. The highest BCUT2D eigenvalue weighted by molar-refractivity contribution is 7.98. The molecule has 7 nitrogen and oxygen atoms in total. The van der Waals surface area contributed by atoms with Crippen LogP contribution in [0.3, 0.4) is 0 Å². The molecule has 4 rings (SSSR count). The standard InChI is InChI=1S/C20H19FN6OS2/c1-11-12(2)22-18-24-19(25-27(18)13(11)3)29-9-15-10-30-20(23-15)26(14(4)28)17-8-6-5-7-16(17)21/h5-8,10H,9H2,1-4H3. The van der Waals surface area contributed by atoms with E-state index in [-0.39, 0.29) is 11.6 Å². The molecule has 0 aliphatic heterocycles. The third-order valence-corrected chi connectivity index (χ3v) is 6.48. The van der Waals surface area contributed by atoms with Crippen LogP contribution in [0, 0.1) is 26.6 Å². The van der Waals surface area contributed by atoms with Gasteiger partial charge in [0, 0.05) is 29.4 Å². The van der Waals surface area contributed by atoms with Crippen molar-refractivity contribution in [1.82, 2.24) is 24.6 Å². The van der Waals surface area contributed by atoms with Gasteiger partial charge >= 0.3 is 0 Å². The molecule has 0 aliphatic carbocycles. The van der Waals surface area contributed by atoms with E-state index in [1.54, 1.807) is 22.7 Å². The van der Waals surface area contributed by atoms with Crippen molar-refractivity contribution in [3.8, 4) is 0 Å². The van der Waals surface area contributed by atoms with E-state index in [1.165, 1.54) is 41.0 Å². The Balaban J connectivity index is 1.55. The van der Waals surface area contributed by atoms with Crippen LogP contribution in [0.4, 0.5) is 15.2 Å². The lowest BCUT2D eigenvalue weighted by Gasteiger charge is -2.18.